The number of halogens is 1. The summed E-state index contributed by atoms with van der Waals surface area (Å²) in [6.07, 6.45) is 0.925. The molecule has 0 aromatic heterocycles. The quantitative estimate of drug-likeness (QED) is 0.862. The molecule has 0 saturated carbocycles. The van der Waals surface area contributed by atoms with E-state index in [9.17, 15) is 4.79 Å². The van der Waals surface area contributed by atoms with Crippen molar-refractivity contribution in [2.75, 3.05) is 10.6 Å². The second-order valence-corrected chi connectivity index (χ2v) is 5.31. The van der Waals surface area contributed by atoms with Crippen LogP contribution in [-0.4, -0.2) is 11.9 Å². The van der Waals surface area contributed by atoms with Gasteiger partial charge >= 0.3 is 0 Å². The molecular weight excluding hydrogens is 284 g/mol. The van der Waals surface area contributed by atoms with Gasteiger partial charge in [-0.2, -0.15) is 0 Å². The predicted molar refractivity (Wildman–Crippen MR) is 89.0 cm³/mol. The zero-order valence-corrected chi connectivity index (χ0v) is 12.9. The first kappa shape index (κ1) is 15.4. The summed E-state index contributed by atoms with van der Waals surface area (Å²) in [4.78, 5) is 12.2. The number of aryl methyl sites for hydroxylation is 1. The van der Waals surface area contributed by atoms with Gasteiger partial charge in [-0.25, -0.2) is 0 Å². The minimum Gasteiger partial charge on any atom is -0.374 e. The second kappa shape index (κ2) is 7.14. The van der Waals surface area contributed by atoms with Gasteiger partial charge in [-0.3, -0.25) is 4.79 Å². The van der Waals surface area contributed by atoms with Crippen LogP contribution >= 0.6 is 11.6 Å². The van der Waals surface area contributed by atoms with Crippen molar-refractivity contribution in [1.29, 1.82) is 0 Å². The van der Waals surface area contributed by atoms with Gasteiger partial charge < -0.3 is 10.6 Å². The van der Waals surface area contributed by atoms with Crippen molar-refractivity contribution in [2.24, 2.45) is 0 Å². The molecule has 2 aromatic rings. The summed E-state index contributed by atoms with van der Waals surface area (Å²) < 4.78 is 0. The Hall–Kier alpha value is -2.00. The summed E-state index contributed by atoms with van der Waals surface area (Å²) >= 11 is 5.83. The van der Waals surface area contributed by atoms with Crippen LogP contribution in [0.2, 0.25) is 5.02 Å². The molecule has 2 N–H and O–H groups in total. The number of benzene rings is 2. The molecule has 0 aliphatic heterocycles. The fourth-order valence-corrected chi connectivity index (χ4v) is 2.18. The van der Waals surface area contributed by atoms with E-state index in [2.05, 4.69) is 23.6 Å². The Morgan fingerprint density at radius 2 is 1.81 bits per heavy atom. The SMILES string of the molecule is CCc1ccccc1N[C@H](C)C(=O)Nc1ccc(Cl)cc1. The lowest BCUT2D eigenvalue weighted by Crippen LogP contribution is -2.32. The van der Waals surface area contributed by atoms with Gasteiger partial charge in [0.2, 0.25) is 5.91 Å². The number of para-hydroxylation sites is 1. The number of carbonyl (C=O) groups is 1. The number of hydrogen-bond acceptors (Lipinski definition) is 2. The number of rotatable bonds is 5. The average molecular weight is 303 g/mol. The van der Waals surface area contributed by atoms with Gasteiger partial charge in [-0.05, 0) is 49.2 Å². The lowest BCUT2D eigenvalue weighted by molar-refractivity contribution is -0.116. The van der Waals surface area contributed by atoms with E-state index in [0.29, 0.717) is 5.02 Å². The normalized spacial score (nSPS) is 11.8. The summed E-state index contributed by atoms with van der Waals surface area (Å²) in [5.74, 6) is -0.0803. The van der Waals surface area contributed by atoms with Gasteiger partial charge in [0.25, 0.3) is 0 Å². The average Bonchev–Trinajstić information content (AvgIpc) is 2.50. The molecule has 0 heterocycles. The van der Waals surface area contributed by atoms with Crippen LogP contribution in [0.3, 0.4) is 0 Å². The Labute approximate surface area is 130 Å². The van der Waals surface area contributed by atoms with Crippen LogP contribution in [0.15, 0.2) is 48.5 Å². The molecule has 21 heavy (non-hydrogen) atoms. The zero-order valence-electron chi connectivity index (χ0n) is 12.2. The van der Waals surface area contributed by atoms with Gasteiger partial charge in [0.15, 0.2) is 0 Å². The molecule has 1 amide bonds. The summed E-state index contributed by atoms with van der Waals surface area (Å²) in [5.41, 5.74) is 2.93. The number of nitrogens with one attached hydrogen (secondary N) is 2. The van der Waals surface area contributed by atoms with Crippen molar-refractivity contribution in [1.82, 2.24) is 0 Å². The largest absolute Gasteiger partial charge is 0.374 e. The van der Waals surface area contributed by atoms with Crippen LogP contribution in [0.1, 0.15) is 19.4 Å². The second-order valence-electron chi connectivity index (χ2n) is 4.87. The molecule has 4 heteroatoms. The first-order valence-electron chi connectivity index (χ1n) is 7.01. The van der Waals surface area contributed by atoms with Crippen LogP contribution < -0.4 is 10.6 Å². The van der Waals surface area contributed by atoms with Crippen LogP contribution in [0.5, 0.6) is 0 Å². The molecule has 0 unspecified atom stereocenters. The first-order chi connectivity index (χ1) is 10.1. The fourth-order valence-electron chi connectivity index (χ4n) is 2.05. The Bertz CT molecular complexity index is 610. The maximum atomic E-state index is 12.2. The van der Waals surface area contributed by atoms with Crippen LogP contribution in [-0.2, 0) is 11.2 Å². The summed E-state index contributed by atoms with van der Waals surface area (Å²) in [5, 5.41) is 6.77. The number of carbonyl (C=O) groups excluding carboxylic acids is 1. The highest BCUT2D eigenvalue weighted by Crippen LogP contribution is 2.17. The van der Waals surface area contributed by atoms with E-state index in [1.54, 1.807) is 24.3 Å². The Morgan fingerprint density at radius 3 is 2.48 bits per heavy atom. The molecule has 110 valence electrons. The topological polar surface area (TPSA) is 41.1 Å². The van der Waals surface area contributed by atoms with Crippen molar-refractivity contribution in [3.8, 4) is 0 Å². The Morgan fingerprint density at radius 1 is 1.14 bits per heavy atom. The highest BCUT2D eigenvalue weighted by Gasteiger charge is 2.13. The van der Waals surface area contributed by atoms with E-state index in [0.717, 1.165) is 17.8 Å². The highest BCUT2D eigenvalue weighted by atomic mass is 35.5. The van der Waals surface area contributed by atoms with Crippen LogP contribution in [0, 0.1) is 0 Å². The van der Waals surface area contributed by atoms with Crippen molar-refractivity contribution in [3.05, 3.63) is 59.1 Å². The third kappa shape index (κ3) is 4.23. The lowest BCUT2D eigenvalue weighted by Gasteiger charge is -2.17. The minimum absolute atomic E-state index is 0.0803. The number of hydrogen-bond donors (Lipinski definition) is 2. The van der Waals surface area contributed by atoms with E-state index in [1.165, 1.54) is 5.56 Å². The van der Waals surface area contributed by atoms with Crippen molar-refractivity contribution >= 4 is 28.9 Å². The van der Waals surface area contributed by atoms with Crippen molar-refractivity contribution < 1.29 is 4.79 Å². The zero-order chi connectivity index (χ0) is 15.2. The third-order valence-corrected chi connectivity index (χ3v) is 3.53. The molecule has 0 aliphatic rings. The molecule has 0 fully saturated rings. The van der Waals surface area contributed by atoms with Crippen LogP contribution in [0.4, 0.5) is 11.4 Å². The molecular formula is C17H19ClN2O. The van der Waals surface area contributed by atoms with Crippen LogP contribution in [0.25, 0.3) is 0 Å². The monoisotopic (exact) mass is 302 g/mol. The molecule has 0 saturated heterocycles. The highest BCUT2D eigenvalue weighted by molar-refractivity contribution is 6.30. The molecule has 0 bridgehead atoms. The van der Waals surface area contributed by atoms with Gasteiger partial charge in [0.05, 0.1) is 0 Å². The lowest BCUT2D eigenvalue weighted by atomic mass is 10.1. The molecule has 3 nitrogen and oxygen atoms in total. The Kier molecular flexibility index (Phi) is 5.23. The number of anilines is 2. The van der Waals surface area contributed by atoms with E-state index in [4.69, 9.17) is 11.6 Å². The summed E-state index contributed by atoms with van der Waals surface area (Å²) in [6, 6.07) is 14.8. The molecule has 2 aromatic carbocycles. The van der Waals surface area contributed by atoms with Gasteiger partial charge in [-0.15, -0.1) is 0 Å². The first-order valence-corrected chi connectivity index (χ1v) is 7.39. The van der Waals surface area contributed by atoms with Gasteiger partial charge in [0.1, 0.15) is 6.04 Å². The molecule has 1 atom stereocenters. The minimum atomic E-state index is -0.326. The fraction of sp³-hybridized carbons (Fsp3) is 0.235. The van der Waals surface area contributed by atoms with Crippen molar-refractivity contribution in [3.63, 3.8) is 0 Å². The molecule has 0 radical (unpaired) electrons. The third-order valence-electron chi connectivity index (χ3n) is 3.28. The van der Waals surface area contributed by atoms with Gasteiger partial charge in [-0.1, -0.05) is 36.7 Å². The van der Waals surface area contributed by atoms with E-state index in [-0.39, 0.29) is 11.9 Å². The van der Waals surface area contributed by atoms with Crippen molar-refractivity contribution in [2.45, 2.75) is 26.3 Å². The van der Waals surface area contributed by atoms with E-state index < -0.39 is 0 Å². The predicted octanol–water partition coefficient (Wildman–Crippen LogP) is 4.34. The van der Waals surface area contributed by atoms with E-state index >= 15 is 0 Å². The van der Waals surface area contributed by atoms with E-state index in [1.807, 2.05) is 25.1 Å². The molecule has 2 rings (SSSR count). The maximum Gasteiger partial charge on any atom is 0.246 e. The standard InChI is InChI=1S/C17H19ClN2O/c1-3-13-6-4-5-7-16(13)19-12(2)17(21)20-15-10-8-14(18)9-11-15/h4-12,19H,3H2,1-2H3,(H,20,21)/t12-/m1/s1. The molecule has 0 spiro atoms. The van der Waals surface area contributed by atoms with Gasteiger partial charge in [0, 0.05) is 16.4 Å². The summed E-state index contributed by atoms with van der Waals surface area (Å²) in [7, 11) is 0. The smallest absolute Gasteiger partial charge is 0.246 e. The summed E-state index contributed by atoms with van der Waals surface area (Å²) in [6.45, 7) is 3.94. The number of amides is 1. The molecule has 0 aliphatic carbocycles. The Balaban J connectivity index is 2.01. The maximum absolute atomic E-state index is 12.2.